The van der Waals surface area contributed by atoms with E-state index in [1.54, 1.807) is 23.9 Å². The molecule has 4 aromatic rings. The number of amides is 1. The van der Waals surface area contributed by atoms with Crippen LogP contribution in [0.2, 0.25) is 0 Å². The highest BCUT2D eigenvalue weighted by molar-refractivity contribution is 7.22. The summed E-state index contributed by atoms with van der Waals surface area (Å²) >= 11 is 1.58. The standard InChI is InChI=1S/C25H28N4O2S/c1-4-31-21-9-7-20(8-10-21)16-23(30)29(14-5-13-28-15-12-26-17-28)25-27-24-19(3)18(2)6-11-22(24)32-25/h6-12,15,17H,4-5,13-14,16H2,1-3H3. The summed E-state index contributed by atoms with van der Waals surface area (Å²) in [5.74, 6) is 0.867. The van der Waals surface area contributed by atoms with Crippen molar-refractivity contribution in [3.8, 4) is 5.75 Å². The normalized spacial score (nSPS) is 11.1. The molecule has 2 aromatic heterocycles. The number of rotatable bonds is 9. The lowest BCUT2D eigenvalue weighted by atomic mass is 10.1. The molecule has 32 heavy (non-hydrogen) atoms. The van der Waals surface area contributed by atoms with Crippen LogP contribution in [0.25, 0.3) is 10.2 Å². The number of fused-ring (bicyclic) bond motifs is 1. The van der Waals surface area contributed by atoms with Gasteiger partial charge in [-0.15, -0.1) is 0 Å². The molecular formula is C25H28N4O2S. The lowest BCUT2D eigenvalue weighted by molar-refractivity contribution is -0.118. The van der Waals surface area contributed by atoms with E-state index in [2.05, 4.69) is 31.0 Å². The third-order valence-electron chi connectivity index (χ3n) is 5.55. The summed E-state index contributed by atoms with van der Waals surface area (Å²) in [6.45, 7) is 8.17. The van der Waals surface area contributed by atoms with Gasteiger partial charge in [0, 0.05) is 25.5 Å². The van der Waals surface area contributed by atoms with Crippen LogP contribution in [-0.2, 0) is 17.8 Å². The van der Waals surface area contributed by atoms with Gasteiger partial charge in [0.1, 0.15) is 5.75 Å². The Bertz CT molecular complexity index is 1180. The molecule has 7 heteroatoms. The number of anilines is 1. The van der Waals surface area contributed by atoms with Gasteiger partial charge in [0.25, 0.3) is 0 Å². The van der Waals surface area contributed by atoms with E-state index in [4.69, 9.17) is 9.72 Å². The minimum Gasteiger partial charge on any atom is -0.494 e. The van der Waals surface area contributed by atoms with Crippen LogP contribution in [0.1, 0.15) is 30.0 Å². The van der Waals surface area contributed by atoms with Crippen LogP contribution >= 0.6 is 11.3 Å². The molecule has 0 radical (unpaired) electrons. The molecule has 0 saturated heterocycles. The Labute approximate surface area is 192 Å². The van der Waals surface area contributed by atoms with E-state index in [1.165, 1.54) is 11.1 Å². The Morgan fingerprint density at radius 2 is 1.97 bits per heavy atom. The Morgan fingerprint density at radius 3 is 2.69 bits per heavy atom. The Balaban J connectivity index is 1.56. The number of imidazole rings is 1. The number of aryl methyl sites for hydroxylation is 3. The van der Waals surface area contributed by atoms with Crippen molar-refractivity contribution in [3.63, 3.8) is 0 Å². The van der Waals surface area contributed by atoms with E-state index in [0.29, 0.717) is 19.6 Å². The second kappa shape index (κ2) is 9.96. The zero-order valence-electron chi connectivity index (χ0n) is 18.7. The summed E-state index contributed by atoms with van der Waals surface area (Å²) in [5.41, 5.74) is 4.33. The Morgan fingerprint density at radius 1 is 1.16 bits per heavy atom. The fraction of sp³-hybridized carbons (Fsp3) is 0.320. The molecule has 0 bridgehead atoms. The summed E-state index contributed by atoms with van der Waals surface area (Å²) in [4.78, 5) is 24.2. The van der Waals surface area contributed by atoms with Gasteiger partial charge >= 0.3 is 0 Å². The van der Waals surface area contributed by atoms with Crippen LogP contribution in [0.15, 0.2) is 55.1 Å². The fourth-order valence-electron chi connectivity index (χ4n) is 3.63. The molecule has 0 aliphatic heterocycles. The van der Waals surface area contributed by atoms with Crippen molar-refractivity contribution in [2.45, 2.75) is 40.2 Å². The van der Waals surface area contributed by atoms with Crippen LogP contribution in [0.3, 0.4) is 0 Å². The van der Waals surface area contributed by atoms with Crippen LogP contribution in [-0.4, -0.2) is 33.6 Å². The number of ether oxygens (including phenoxy) is 1. The molecule has 6 nitrogen and oxygen atoms in total. The first-order valence-corrected chi connectivity index (χ1v) is 11.7. The lowest BCUT2D eigenvalue weighted by Gasteiger charge is -2.20. The molecule has 0 saturated carbocycles. The zero-order chi connectivity index (χ0) is 22.5. The van der Waals surface area contributed by atoms with E-state index in [-0.39, 0.29) is 5.91 Å². The molecule has 1 amide bonds. The van der Waals surface area contributed by atoms with Crippen molar-refractivity contribution in [1.82, 2.24) is 14.5 Å². The van der Waals surface area contributed by atoms with Crippen molar-refractivity contribution < 1.29 is 9.53 Å². The monoisotopic (exact) mass is 448 g/mol. The van der Waals surface area contributed by atoms with Crippen LogP contribution in [0.4, 0.5) is 5.13 Å². The predicted octanol–water partition coefficient (Wildman–Crippen LogP) is 5.17. The van der Waals surface area contributed by atoms with Gasteiger partial charge in [-0.2, -0.15) is 0 Å². The molecule has 2 aromatic carbocycles. The number of carbonyl (C=O) groups excluding carboxylic acids is 1. The first kappa shape index (κ1) is 22.0. The molecule has 0 aliphatic rings. The van der Waals surface area contributed by atoms with Crippen LogP contribution in [0.5, 0.6) is 5.75 Å². The van der Waals surface area contributed by atoms with E-state index in [9.17, 15) is 4.79 Å². The third kappa shape index (κ3) is 4.99. The molecule has 0 fully saturated rings. The highest BCUT2D eigenvalue weighted by Crippen LogP contribution is 2.32. The second-order valence-corrected chi connectivity index (χ2v) is 8.81. The summed E-state index contributed by atoms with van der Waals surface area (Å²) in [5, 5.41) is 0.760. The van der Waals surface area contributed by atoms with Gasteiger partial charge < -0.3 is 9.30 Å². The van der Waals surface area contributed by atoms with Crippen LogP contribution < -0.4 is 9.64 Å². The average molecular weight is 449 g/mol. The second-order valence-electron chi connectivity index (χ2n) is 7.80. The Hall–Kier alpha value is -3.19. The van der Waals surface area contributed by atoms with Gasteiger partial charge in [0.05, 0.1) is 29.6 Å². The topological polar surface area (TPSA) is 60.2 Å². The van der Waals surface area contributed by atoms with Crippen molar-refractivity contribution in [2.75, 3.05) is 18.1 Å². The van der Waals surface area contributed by atoms with Gasteiger partial charge in [0.15, 0.2) is 5.13 Å². The number of carbonyl (C=O) groups is 1. The minimum atomic E-state index is 0.0493. The Kier molecular flexibility index (Phi) is 6.85. The summed E-state index contributed by atoms with van der Waals surface area (Å²) in [6.07, 6.45) is 6.66. The largest absolute Gasteiger partial charge is 0.494 e. The van der Waals surface area contributed by atoms with Crippen molar-refractivity contribution in [3.05, 3.63) is 71.8 Å². The molecule has 0 atom stereocenters. The van der Waals surface area contributed by atoms with Gasteiger partial charge in [-0.05, 0) is 62.1 Å². The molecule has 166 valence electrons. The number of benzene rings is 2. The SMILES string of the molecule is CCOc1ccc(CC(=O)N(CCCn2ccnc2)c2nc3c(C)c(C)ccc3s2)cc1. The molecule has 4 rings (SSSR count). The summed E-state index contributed by atoms with van der Waals surface area (Å²) in [6, 6.07) is 12.0. The van der Waals surface area contributed by atoms with E-state index in [1.807, 2.05) is 46.9 Å². The van der Waals surface area contributed by atoms with Gasteiger partial charge in [-0.25, -0.2) is 9.97 Å². The van der Waals surface area contributed by atoms with E-state index >= 15 is 0 Å². The summed E-state index contributed by atoms with van der Waals surface area (Å²) < 4.78 is 8.65. The zero-order valence-corrected chi connectivity index (χ0v) is 19.6. The number of hydrogen-bond acceptors (Lipinski definition) is 5. The van der Waals surface area contributed by atoms with Gasteiger partial charge in [0.2, 0.25) is 5.91 Å². The van der Waals surface area contributed by atoms with Gasteiger partial charge in [-0.3, -0.25) is 9.69 Å². The molecule has 0 spiro atoms. The highest BCUT2D eigenvalue weighted by atomic mass is 32.1. The van der Waals surface area contributed by atoms with Crippen molar-refractivity contribution in [2.24, 2.45) is 0 Å². The predicted molar refractivity (Wildman–Crippen MR) is 130 cm³/mol. The van der Waals surface area contributed by atoms with E-state index < -0.39 is 0 Å². The van der Waals surface area contributed by atoms with Gasteiger partial charge in [-0.1, -0.05) is 29.5 Å². The number of nitrogens with zero attached hydrogens (tertiary/aromatic N) is 4. The highest BCUT2D eigenvalue weighted by Gasteiger charge is 2.21. The number of aromatic nitrogens is 3. The summed E-state index contributed by atoms with van der Waals surface area (Å²) in [7, 11) is 0. The number of hydrogen-bond donors (Lipinski definition) is 0. The van der Waals surface area contributed by atoms with Crippen molar-refractivity contribution in [1.29, 1.82) is 0 Å². The molecule has 0 aliphatic carbocycles. The first-order chi connectivity index (χ1) is 15.5. The third-order valence-corrected chi connectivity index (χ3v) is 6.60. The maximum absolute atomic E-state index is 13.4. The number of thiazole rings is 1. The van der Waals surface area contributed by atoms with Crippen molar-refractivity contribution >= 4 is 32.6 Å². The minimum absolute atomic E-state index is 0.0493. The molecule has 2 heterocycles. The quantitative estimate of drug-likeness (QED) is 0.354. The average Bonchev–Trinajstić information content (AvgIpc) is 3.46. The lowest BCUT2D eigenvalue weighted by Crippen LogP contribution is -2.33. The maximum Gasteiger partial charge on any atom is 0.233 e. The maximum atomic E-state index is 13.4. The molecular weight excluding hydrogens is 420 g/mol. The van der Waals surface area contributed by atoms with Crippen LogP contribution in [0, 0.1) is 13.8 Å². The smallest absolute Gasteiger partial charge is 0.233 e. The molecule has 0 unspecified atom stereocenters. The fourth-order valence-corrected chi connectivity index (χ4v) is 4.70. The van der Waals surface area contributed by atoms with E-state index in [0.717, 1.165) is 39.6 Å². The molecule has 0 N–H and O–H groups in total. The first-order valence-electron chi connectivity index (χ1n) is 10.9.